The van der Waals surface area contributed by atoms with Gasteiger partial charge in [0.05, 0.1) is 5.75 Å². The molecule has 0 fully saturated rings. The van der Waals surface area contributed by atoms with E-state index in [9.17, 15) is 9.59 Å². The van der Waals surface area contributed by atoms with Crippen LogP contribution in [0.5, 0.6) is 0 Å². The highest BCUT2D eigenvalue weighted by molar-refractivity contribution is 7.99. The number of carbonyl (C=O) groups is 2. The number of thiophene rings is 1. The smallest absolute Gasteiger partial charge is 0.326 e. The van der Waals surface area contributed by atoms with Gasteiger partial charge in [0.1, 0.15) is 6.04 Å². The van der Waals surface area contributed by atoms with Gasteiger partial charge in [-0.2, -0.15) is 0 Å². The molecule has 0 aliphatic rings. The van der Waals surface area contributed by atoms with Crippen LogP contribution in [0.3, 0.4) is 0 Å². The van der Waals surface area contributed by atoms with Crippen molar-refractivity contribution in [1.29, 1.82) is 0 Å². The molecular weight excluding hydrogens is 270 g/mol. The minimum Gasteiger partial charge on any atom is -0.480 e. The Morgan fingerprint density at radius 3 is 2.94 bits per heavy atom. The van der Waals surface area contributed by atoms with Crippen LogP contribution in [0.15, 0.2) is 30.2 Å². The lowest BCUT2D eigenvalue weighted by Gasteiger charge is -2.12. The Morgan fingerprint density at radius 2 is 2.39 bits per heavy atom. The molecule has 0 aliphatic heterocycles. The fourth-order valence-electron chi connectivity index (χ4n) is 1.26. The van der Waals surface area contributed by atoms with E-state index in [1.54, 1.807) is 11.3 Å². The van der Waals surface area contributed by atoms with Crippen molar-refractivity contribution in [3.05, 3.63) is 35.0 Å². The topological polar surface area (TPSA) is 66.4 Å². The number of amides is 1. The molecule has 1 heterocycles. The van der Waals surface area contributed by atoms with Gasteiger partial charge in [-0.25, -0.2) is 4.79 Å². The van der Waals surface area contributed by atoms with Crippen LogP contribution in [0.1, 0.15) is 11.3 Å². The van der Waals surface area contributed by atoms with Crippen LogP contribution >= 0.6 is 23.1 Å². The number of hydrogen-bond acceptors (Lipinski definition) is 4. The maximum Gasteiger partial charge on any atom is 0.326 e. The van der Waals surface area contributed by atoms with Crippen molar-refractivity contribution in [2.24, 2.45) is 0 Å². The molecule has 1 amide bonds. The highest BCUT2D eigenvalue weighted by Crippen LogP contribution is 2.16. The van der Waals surface area contributed by atoms with Gasteiger partial charge in [-0.3, -0.25) is 4.79 Å². The standard InChI is InChI=1S/C12H15NO3S2/c1-2-4-10(12(15)16)13-11(14)8-17-7-9-5-3-6-18-9/h2-3,5-6,10H,1,4,7-8H2,(H,13,14)(H,15,16). The zero-order valence-corrected chi connectivity index (χ0v) is 11.4. The van der Waals surface area contributed by atoms with E-state index in [4.69, 9.17) is 5.11 Å². The molecule has 1 unspecified atom stereocenters. The third kappa shape index (κ3) is 5.37. The monoisotopic (exact) mass is 285 g/mol. The summed E-state index contributed by atoms with van der Waals surface area (Å²) in [4.78, 5) is 23.6. The van der Waals surface area contributed by atoms with Gasteiger partial charge >= 0.3 is 5.97 Å². The van der Waals surface area contributed by atoms with Crippen molar-refractivity contribution < 1.29 is 14.7 Å². The number of rotatable bonds is 8. The molecule has 4 nitrogen and oxygen atoms in total. The van der Waals surface area contributed by atoms with Gasteiger partial charge in [0.2, 0.25) is 5.91 Å². The Bertz CT molecular complexity index is 403. The summed E-state index contributed by atoms with van der Waals surface area (Å²) >= 11 is 3.11. The van der Waals surface area contributed by atoms with Crippen molar-refractivity contribution in [2.45, 2.75) is 18.2 Å². The van der Waals surface area contributed by atoms with E-state index in [0.717, 1.165) is 5.75 Å². The van der Waals surface area contributed by atoms with E-state index in [0.29, 0.717) is 0 Å². The van der Waals surface area contributed by atoms with Crippen LogP contribution in [0.4, 0.5) is 0 Å². The zero-order valence-electron chi connectivity index (χ0n) is 9.80. The second-order valence-corrected chi connectivity index (χ2v) is 5.57. The summed E-state index contributed by atoms with van der Waals surface area (Å²) in [5.74, 6) is -0.263. The molecule has 98 valence electrons. The summed E-state index contributed by atoms with van der Waals surface area (Å²) in [7, 11) is 0. The van der Waals surface area contributed by atoms with Crippen molar-refractivity contribution in [1.82, 2.24) is 5.32 Å². The quantitative estimate of drug-likeness (QED) is 0.718. The fourth-order valence-corrected chi connectivity index (χ4v) is 2.94. The van der Waals surface area contributed by atoms with Crippen LogP contribution in [0, 0.1) is 0 Å². The van der Waals surface area contributed by atoms with Gasteiger partial charge in [-0.15, -0.1) is 29.7 Å². The minimum atomic E-state index is -1.04. The van der Waals surface area contributed by atoms with E-state index in [1.807, 2.05) is 17.5 Å². The lowest BCUT2D eigenvalue weighted by atomic mass is 10.2. The summed E-state index contributed by atoms with van der Waals surface area (Å²) < 4.78 is 0. The first-order chi connectivity index (χ1) is 8.63. The van der Waals surface area contributed by atoms with Gasteiger partial charge in [-0.05, 0) is 17.9 Å². The van der Waals surface area contributed by atoms with Crippen LogP contribution < -0.4 is 5.32 Å². The molecule has 0 radical (unpaired) electrons. The number of hydrogen-bond donors (Lipinski definition) is 2. The SMILES string of the molecule is C=CCC(NC(=O)CSCc1cccs1)C(=O)O. The van der Waals surface area contributed by atoms with Crippen LogP contribution in [0.2, 0.25) is 0 Å². The van der Waals surface area contributed by atoms with E-state index in [1.165, 1.54) is 22.7 Å². The molecule has 2 N–H and O–H groups in total. The first-order valence-electron chi connectivity index (χ1n) is 5.36. The number of nitrogens with one attached hydrogen (secondary N) is 1. The van der Waals surface area contributed by atoms with Crippen LogP contribution in [-0.2, 0) is 15.3 Å². The summed E-state index contributed by atoms with van der Waals surface area (Å²) in [5, 5.41) is 13.3. The molecule has 1 aromatic heterocycles. The van der Waals surface area contributed by atoms with Crippen molar-refractivity contribution in [2.75, 3.05) is 5.75 Å². The minimum absolute atomic E-state index is 0.233. The molecule has 0 saturated carbocycles. The summed E-state index contributed by atoms with van der Waals surface area (Å²) in [5.41, 5.74) is 0. The summed E-state index contributed by atoms with van der Waals surface area (Å²) in [6.45, 7) is 3.47. The van der Waals surface area contributed by atoms with Crippen molar-refractivity contribution >= 4 is 35.0 Å². The maximum absolute atomic E-state index is 11.5. The number of carboxylic acid groups (broad SMARTS) is 1. The molecule has 0 spiro atoms. The molecule has 0 aromatic carbocycles. The molecule has 0 bridgehead atoms. The van der Waals surface area contributed by atoms with Crippen molar-refractivity contribution in [3.63, 3.8) is 0 Å². The Hall–Kier alpha value is -1.27. The van der Waals surface area contributed by atoms with Crippen LogP contribution in [-0.4, -0.2) is 28.8 Å². The first kappa shape index (κ1) is 14.8. The predicted molar refractivity (Wildman–Crippen MR) is 74.9 cm³/mol. The second-order valence-electron chi connectivity index (χ2n) is 3.55. The third-order valence-corrected chi connectivity index (χ3v) is 4.13. The molecular formula is C12H15NO3S2. The average molecular weight is 285 g/mol. The third-order valence-electron chi connectivity index (χ3n) is 2.09. The molecule has 1 atom stereocenters. The number of carboxylic acids is 1. The van der Waals surface area contributed by atoms with Gasteiger partial charge in [-0.1, -0.05) is 12.1 Å². The highest BCUT2D eigenvalue weighted by Gasteiger charge is 2.17. The molecule has 0 aliphatic carbocycles. The van der Waals surface area contributed by atoms with E-state index < -0.39 is 12.0 Å². The molecule has 18 heavy (non-hydrogen) atoms. The van der Waals surface area contributed by atoms with Crippen molar-refractivity contribution in [3.8, 4) is 0 Å². The first-order valence-corrected chi connectivity index (χ1v) is 7.40. The number of aliphatic carboxylic acids is 1. The molecule has 6 heteroatoms. The number of carbonyl (C=O) groups excluding carboxylic acids is 1. The Labute approximate surface area is 114 Å². The van der Waals surface area contributed by atoms with Crippen LogP contribution in [0.25, 0.3) is 0 Å². The average Bonchev–Trinajstić information content (AvgIpc) is 2.81. The highest BCUT2D eigenvalue weighted by atomic mass is 32.2. The predicted octanol–water partition coefficient (Wildman–Crippen LogP) is 2.13. The lowest BCUT2D eigenvalue weighted by Crippen LogP contribution is -2.41. The maximum atomic E-state index is 11.5. The lowest BCUT2D eigenvalue weighted by molar-refractivity contribution is -0.141. The Balaban J connectivity index is 2.27. The van der Waals surface area contributed by atoms with E-state index >= 15 is 0 Å². The summed E-state index contributed by atoms with van der Waals surface area (Å²) in [6, 6.07) is 3.09. The normalized spacial score (nSPS) is 11.8. The largest absolute Gasteiger partial charge is 0.480 e. The fraction of sp³-hybridized carbons (Fsp3) is 0.333. The molecule has 0 saturated heterocycles. The molecule has 1 rings (SSSR count). The zero-order chi connectivity index (χ0) is 13.4. The number of thioether (sulfide) groups is 1. The Morgan fingerprint density at radius 1 is 1.61 bits per heavy atom. The van der Waals surface area contributed by atoms with Gasteiger partial charge < -0.3 is 10.4 Å². The Kier molecular flexibility index (Phi) is 6.53. The van der Waals surface area contributed by atoms with Gasteiger partial charge in [0.25, 0.3) is 0 Å². The molecule has 1 aromatic rings. The summed E-state index contributed by atoms with van der Waals surface area (Å²) in [6.07, 6.45) is 1.72. The van der Waals surface area contributed by atoms with Gasteiger partial charge in [0, 0.05) is 10.6 Å². The van der Waals surface area contributed by atoms with E-state index in [-0.39, 0.29) is 18.1 Å². The van der Waals surface area contributed by atoms with E-state index in [2.05, 4.69) is 11.9 Å². The second kappa shape index (κ2) is 7.94. The van der Waals surface area contributed by atoms with Gasteiger partial charge in [0.15, 0.2) is 0 Å².